The molecular formula is C16H17NO4. The number of hydrogen-bond donors (Lipinski definition) is 2. The summed E-state index contributed by atoms with van der Waals surface area (Å²) in [4.78, 5) is 23.1. The molecule has 0 aliphatic heterocycles. The number of rotatable bonds is 3. The van der Waals surface area contributed by atoms with E-state index in [4.69, 9.17) is 9.52 Å². The van der Waals surface area contributed by atoms with Gasteiger partial charge in [-0.1, -0.05) is 19.3 Å². The Morgan fingerprint density at radius 3 is 2.62 bits per heavy atom. The van der Waals surface area contributed by atoms with Crippen LogP contribution < -0.4 is 5.32 Å². The monoisotopic (exact) mass is 287 g/mol. The molecule has 0 unspecified atom stereocenters. The molecule has 1 amide bonds. The Morgan fingerprint density at radius 1 is 1.14 bits per heavy atom. The van der Waals surface area contributed by atoms with Crippen LogP contribution in [0.5, 0.6) is 0 Å². The second-order valence-corrected chi connectivity index (χ2v) is 5.49. The quantitative estimate of drug-likeness (QED) is 0.903. The molecule has 1 heterocycles. The van der Waals surface area contributed by atoms with E-state index in [0.29, 0.717) is 16.7 Å². The fourth-order valence-corrected chi connectivity index (χ4v) is 2.84. The first-order valence-corrected chi connectivity index (χ1v) is 7.21. The van der Waals surface area contributed by atoms with Crippen molar-refractivity contribution in [3.05, 3.63) is 30.0 Å². The summed E-state index contributed by atoms with van der Waals surface area (Å²) in [7, 11) is 0. The van der Waals surface area contributed by atoms with Crippen molar-refractivity contribution in [3.8, 4) is 0 Å². The molecule has 1 saturated carbocycles. The number of fused-ring (bicyclic) bond motifs is 1. The number of carboxylic acid groups (broad SMARTS) is 1. The number of aromatic carboxylic acids is 1. The van der Waals surface area contributed by atoms with Crippen LogP contribution in [0.25, 0.3) is 11.0 Å². The molecule has 3 rings (SSSR count). The van der Waals surface area contributed by atoms with Crippen LogP contribution in [0.15, 0.2) is 28.7 Å². The molecule has 110 valence electrons. The molecule has 0 atom stereocenters. The van der Waals surface area contributed by atoms with Crippen molar-refractivity contribution in [3.63, 3.8) is 0 Å². The Bertz CT molecular complexity index is 683. The third-order valence-corrected chi connectivity index (χ3v) is 3.97. The fourth-order valence-electron chi connectivity index (χ4n) is 2.84. The number of amides is 1. The summed E-state index contributed by atoms with van der Waals surface area (Å²) in [5, 5.41) is 12.5. The average Bonchev–Trinajstić information content (AvgIpc) is 2.91. The Kier molecular flexibility index (Phi) is 3.64. The lowest BCUT2D eigenvalue weighted by molar-refractivity contribution is -0.120. The molecule has 2 N–H and O–H groups in total. The normalized spacial score (nSPS) is 16.0. The highest BCUT2D eigenvalue weighted by Gasteiger charge is 2.21. The zero-order valence-corrected chi connectivity index (χ0v) is 11.6. The summed E-state index contributed by atoms with van der Waals surface area (Å²) < 4.78 is 5.19. The third kappa shape index (κ3) is 2.91. The van der Waals surface area contributed by atoms with Crippen LogP contribution in [0.3, 0.4) is 0 Å². The summed E-state index contributed by atoms with van der Waals surface area (Å²) in [6.07, 6.45) is 5.33. The predicted octanol–water partition coefficient (Wildman–Crippen LogP) is 3.65. The second kappa shape index (κ2) is 5.60. The summed E-state index contributed by atoms with van der Waals surface area (Å²) in [5.41, 5.74) is 1.18. The van der Waals surface area contributed by atoms with Gasteiger partial charge in [0, 0.05) is 17.0 Å². The lowest BCUT2D eigenvalue weighted by Crippen LogP contribution is -2.24. The van der Waals surface area contributed by atoms with Crippen LogP contribution in [-0.4, -0.2) is 17.0 Å². The van der Waals surface area contributed by atoms with Crippen LogP contribution >= 0.6 is 0 Å². The van der Waals surface area contributed by atoms with Crippen molar-refractivity contribution >= 4 is 28.5 Å². The van der Waals surface area contributed by atoms with Gasteiger partial charge in [0.1, 0.15) is 5.58 Å². The third-order valence-electron chi connectivity index (χ3n) is 3.97. The molecule has 0 radical (unpaired) electrons. The maximum Gasteiger partial charge on any atom is 0.371 e. The lowest BCUT2D eigenvalue weighted by atomic mass is 9.88. The topological polar surface area (TPSA) is 79.5 Å². The first-order valence-electron chi connectivity index (χ1n) is 7.21. The van der Waals surface area contributed by atoms with Crippen molar-refractivity contribution in [2.45, 2.75) is 32.1 Å². The van der Waals surface area contributed by atoms with Gasteiger partial charge in [-0.2, -0.15) is 0 Å². The number of benzene rings is 1. The summed E-state index contributed by atoms with van der Waals surface area (Å²) in [5.74, 6) is -1.05. The minimum absolute atomic E-state index is 0.0519. The first-order chi connectivity index (χ1) is 10.1. The summed E-state index contributed by atoms with van der Waals surface area (Å²) in [6, 6.07) is 6.62. The largest absolute Gasteiger partial charge is 0.475 e. The maximum atomic E-state index is 12.2. The molecule has 5 heteroatoms. The molecule has 1 aromatic carbocycles. The van der Waals surface area contributed by atoms with Gasteiger partial charge in [0.2, 0.25) is 11.7 Å². The lowest BCUT2D eigenvalue weighted by Gasteiger charge is -2.20. The number of carboxylic acids is 1. The Labute approximate surface area is 121 Å². The zero-order valence-electron chi connectivity index (χ0n) is 11.6. The van der Waals surface area contributed by atoms with Gasteiger partial charge in [0.05, 0.1) is 0 Å². The molecule has 5 nitrogen and oxygen atoms in total. The molecule has 21 heavy (non-hydrogen) atoms. The minimum Gasteiger partial charge on any atom is -0.475 e. The number of furan rings is 1. The fraction of sp³-hybridized carbons (Fsp3) is 0.375. The average molecular weight is 287 g/mol. The Morgan fingerprint density at radius 2 is 1.90 bits per heavy atom. The number of anilines is 1. The predicted molar refractivity (Wildman–Crippen MR) is 78.4 cm³/mol. The van der Waals surface area contributed by atoms with E-state index in [0.717, 1.165) is 25.7 Å². The van der Waals surface area contributed by atoms with Gasteiger partial charge in [-0.25, -0.2) is 4.79 Å². The minimum atomic E-state index is -1.10. The van der Waals surface area contributed by atoms with Crippen LogP contribution in [0.2, 0.25) is 0 Å². The van der Waals surface area contributed by atoms with Crippen LogP contribution in [0, 0.1) is 5.92 Å². The highest BCUT2D eigenvalue weighted by Crippen LogP contribution is 2.27. The van der Waals surface area contributed by atoms with Gasteiger partial charge in [0.25, 0.3) is 0 Å². The van der Waals surface area contributed by atoms with Crippen molar-refractivity contribution in [2.24, 2.45) is 5.92 Å². The molecule has 0 saturated heterocycles. The second-order valence-electron chi connectivity index (χ2n) is 5.49. The Hall–Kier alpha value is -2.30. The van der Waals surface area contributed by atoms with E-state index in [2.05, 4.69) is 5.32 Å². The van der Waals surface area contributed by atoms with Gasteiger partial charge in [0.15, 0.2) is 0 Å². The first kappa shape index (κ1) is 13.7. The van der Waals surface area contributed by atoms with Crippen molar-refractivity contribution in [1.29, 1.82) is 0 Å². The summed E-state index contributed by atoms with van der Waals surface area (Å²) >= 11 is 0. The molecule has 1 aromatic heterocycles. The molecule has 2 aromatic rings. The van der Waals surface area contributed by atoms with Gasteiger partial charge in [-0.05, 0) is 37.1 Å². The van der Waals surface area contributed by atoms with E-state index < -0.39 is 5.97 Å². The number of nitrogens with one attached hydrogen (secondary N) is 1. The number of carbonyl (C=O) groups excluding carboxylic acids is 1. The van der Waals surface area contributed by atoms with Crippen LogP contribution in [0.4, 0.5) is 5.69 Å². The smallest absolute Gasteiger partial charge is 0.371 e. The SMILES string of the molecule is O=C(O)c1cc2cc(NC(=O)C3CCCCC3)ccc2o1. The standard InChI is InChI=1S/C16H17NO4/c18-15(10-4-2-1-3-5-10)17-12-6-7-13-11(8-12)9-14(21-13)16(19)20/h6-10H,1-5H2,(H,17,18)(H,19,20). The number of carbonyl (C=O) groups is 2. The zero-order chi connectivity index (χ0) is 14.8. The molecule has 1 fully saturated rings. The molecular weight excluding hydrogens is 270 g/mol. The highest BCUT2D eigenvalue weighted by molar-refractivity contribution is 5.96. The van der Waals surface area contributed by atoms with Crippen LogP contribution in [-0.2, 0) is 4.79 Å². The summed E-state index contributed by atoms with van der Waals surface area (Å²) in [6.45, 7) is 0. The van der Waals surface area contributed by atoms with Gasteiger partial charge < -0.3 is 14.8 Å². The van der Waals surface area contributed by atoms with Crippen molar-refractivity contribution in [2.75, 3.05) is 5.32 Å². The van der Waals surface area contributed by atoms with Crippen LogP contribution in [0.1, 0.15) is 42.7 Å². The number of hydrogen-bond acceptors (Lipinski definition) is 3. The van der Waals surface area contributed by atoms with Crippen molar-refractivity contribution < 1.29 is 19.1 Å². The van der Waals surface area contributed by atoms with E-state index in [1.54, 1.807) is 18.2 Å². The molecule has 0 bridgehead atoms. The Balaban J connectivity index is 1.77. The van der Waals surface area contributed by atoms with E-state index >= 15 is 0 Å². The van der Waals surface area contributed by atoms with Gasteiger partial charge in [-0.3, -0.25) is 4.79 Å². The van der Waals surface area contributed by atoms with Crippen molar-refractivity contribution in [1.82, 2.24) is 0 Å². The van der Waals surface area contributed by atoms with E-state index in [1.165, 1.54) is 12.5 Å². The highest BCUT2D eigenvalue weighted by atomic mass is 16.4. The van der Waals surface area contributed by atoms with Gasteiger partial charge in [-0.15, -0.1) is 0 Å². The molecule has 1 aliphatic carbocycles. The maximum absolute atomic E-state index is 12.2. The van der Waals surface area contributed by atoms with E-state index in [1.807, 2.05) is 0 Å². The van der Waals surface area contributed by atoms with E-state index in [-0.39, 0.29) is 17.6 Å². The van der Waals surface area contributed by atoms with E-state index in [9.17, 15) is 9.59 Å². The van der Waals surface area contributed by atoms with Gasteiger partial charge >= 0.3 is 5.97 Å². The molecule has 1 aliphatic rings. The molecule has 0 spiro atoms.